The van der Waals surface area contributed by atoms with Crippen molar-refractivity contribution in [3.8, 4) is 0 Å². The smallest absolute Gasteiger partial charge is 0.324 e. The van der Waals surface area contributed by atoms with Crippen LogP contribution in [0.25, 0.3) is 0 Å². The molecule has 0 aliphatic carbocycles. The molecule has 2 heterocycles. The van der Waals surface area contributed by atoms with Crippen LogP contribution >= 0.6 is 0 Å². The molecule has 2 amide bonds. The van der Waals surface area contributed by atoms with Crippen LogP contribution in [0.4, 0.5) is 10.5 Å². The van der Waals surface area contributed by atoms with E-state index in [1.54, 1.807) is 34.1 Å². The lowest BCUT2D eigenvalue weighted by Crippen LogP contribution is -2.61. The molecule has 0 saturated carbocycles. The van der Waals surface area contributed by atoms with E-state index >= 15 is 0 Å². The minimum atomic E-state index is -3.44. The summed E-state index contributed by atoms with van der Waals surface area (Å²) in [5, 5.41) is 7.72. The Bertz CT molecular complexity index is 1150. The first-order valence-electron chi connectivity index (χ1n) is 11.9. The molecule has 188 valence electrons. The van der Waals surface area contributed by atoms with Gasteiger partial charge in [-0.05, 0) is 49.5 Å². The van der Waals surface area contributed by atoms with E-state index in [-0.39, 0.29) is 18.4 Å². The highest BCUT2D eigenvalue weighted by atomic mass is 32.2. The van der Waals surface area contributed by atoms with E-state index in [1.807, 2.05) is 6.07 Å². The lowest BCUT2D eigenvalue weighted by molar-refractivity contribution is 0.135. The predicted octanol–water partition coefficient (Wildman–Crippen LogP) is 2.04. The number of anilines is 1. The van der Waals surface area contributed by atoms with Crippen LogP contribution in [0.5, 0.6) is 0 Å². The van der Waals surface area contributed by atoms with Gasteiger partial charge in [0.1, 0.15) is 5.84 Å². The molecule has 1 unspecified atom stereocenters. The van der Waals surface area contributed by atoms with E-state index in [9.17, 15) is 13.2 Å². The van der Waals surface area contributed by atoms with E-state index < -0.39 is 16.1 Å². The van der Waals surface area contributed by atoms with Crippen LogP contribution in [0.2, 0.25) is 0 Å². The number of amidine groups is 1. The fourth-order valence-electron chi connectivity index (χ4n) is 4.94. The van der Waals surface area contributed by atoms with Gasteiger partial charge in [0.15, 0.2) is 0 Å². The van der Waals surface area contributed by atoms with Crippen LogP contribution in [-0.4, -0.2) is 75.1 Å². The Hall–Kier alpha value is -2.95. The molecule has 0 spiro atoms. The molecule has 2 saturated heterocycles. The second-order valence-corrected chi connectivity index (χ2v) is 11.3. The number of hydrogen-bond acceptors (Lipinski definition) is 5. The summed E-state index contributed by atoms with van der Waals surface area (Å²) >= 11 is 0. The Morgan fingerprint density at radius 3 is 2.46 bits per heavy atom. The molecular weight excluding hydrogens is 464 g/mol. The molecule has 2 fully saturated rings. The minimum absolute atomic E-state index is 0.0822. The van der Waals surface area contributed by atoms with Gasteiger partial charge in [-0.3, -0.25) is 15.2 Å². The Morgan fingerprint density at radius 1 is 1.09 bits per heavy atom. The van der Waals surface area contributed by atoms with Crippen molar-refractivity contribution in [2.45, 2.75) is 25.4 Å². The number of urea groups is 1. The second-order valence-electron chi connectivity index (χ2n) is 9.55. The van der Waals surface area contributed by atoms with E-state index in [4.69, 9.17) is 11.1 Å². The van der Waals surface area contributed by atoms with E-state index in [2.05, 4.69) is 33.9 Å². The van der Waals surface area contributed by atoms with Crippen molar-refractivity contribution in [2.75, 3.05) is 43.9 Å². The molecule has 9 nitrogen and oxygen atoms in total. The molecule has 35 heavy (non-hydrogen) atoms. The van der Waals surface area contributed by atoms with Crippen molar-refractivity contribution >= 4 is 27.6 Å². The van der Waals surface area contributed by atoms with E-state index in [1.165, 1.54) is 5.56 Å². The zero-order valence-corrected chi connectivity index (χ0v) is 20.9. The highest BCUT2D eigenvalue weighted by Gasteiger charge is 2.35. The molecule has 0 radical (unpaired) electrons. The van der Waals surface area contributed by atoms with E-state index in [0.717, 1.165) is 38.7 Å². The molecule has 2 aromatic rings. The zero-order valence-electron chi connectivity index (χ0n) is 20.1. The third-order valence-corrected chi connectivity index (χ3v) is 7.39. The van der Waals surface area contributed by atoms with Gasteiger partial charge in [0.2, 0.25) is 10.0 Å². The average molecular weight is 499 g/mol. The van der Waals surface area contributed by atoms with Crippen molar-refractivity contribution in [3.63, 3.8) is 0 Å². The normalized spacial score (nSPS) is 20.3. The minimum Gasteiger partial charge on any atom is -0.384 e. The number of likely N-dealkylation sites (tertiary alicyclic amines) is 1. The molecule has 2 aromatic carbocycles. The van der Waals surface area contributed by atoms with Crippen molar-refractivity contribution in [3.05, 3.63) is 65.7 Å². The number of sulfonamides is 1. The first-order valence-corrected chi connectivity index (χ1v) is 13.8. The predicted molar refractivity (Wildman–Crippen MR) is 138 cm³/mol. The van der Waals surface area contributed by atoms with Gasteiger partial charge in [-0.1, -0.05) is 42.5 Å². The Balaban J connectivity index is 1.44. The van der Waals surface area contributed by atoms with Crippen LogP contribution in [0.3, 0.4) is 0 Å². The Morgan fingerprint density at radius 2 is 1.80 bits per heavy atom. The third-order valence-electron chi connectivity index (χ3n) is 6.63. The van der Waals surface area contributed by atoms with Crippen molar-refractivity contribution in [1.82, 2.24) is 14.5 Å². The number of nitrogens with one attached hydrogen (secondary N) is 2. The average Bonchev–Trinajstić information content (AvgIpc) is 2.82. The first kappa shape index (κ1) is 25.2. The van der Waals surface area contributed by atoms with Gasteiger partial charge in [0, 0.05) is 37.4 Å². The highest BCUT2D eigenvalue weighted by molar-refractivity contribution is 7.88. The number of nitrogen functional groups attached to an aromatic ring is 1. The standard InChI is InChI=1S/C25H34N6O3S/c1-35(33,34)28-22-17-30(25(32)31(18-22)23-9-5-8-21(14-23)24(26)27)16-20-10-12-29(13-11-20)15-19-6-3-2-4-7-19/h2-9,14,20,22,28H,10-13,15-18H2,1H3,(H3,26,27). The number of nitrogens with zero attached hydrogens (tertiary/aromatic N) is 3. The molecule has 0 bridgehead atoms. The molecular formula is C25H34N6O3S. The molecule has 0 aromatic heterocycles. The number of amides is 2. The molecule has 2 aliphatic heterocycles. The van der Waals surface area contributed by atoms with Crippen LogP contribution in [0.1, 0.15) is 24.0 Å². The summed E-state index contributed by atoms with van der Waals surface area (Å²) in [4.78, 5) is 19.3. The van der Waals surface area contributed by atoms with Gasteiger partial charge >= 0.3 is 6.03 Å². The maximum atomic E-state index is 13.5. The van der Waals surface area contributed by atoms with Gasteiger partial charge < -0.3 is 10.6 Å². The number of rotatable bonds is 8. The van der Waals surface area contributed by atoms with Crippen LogP contribution < -0.4 is 15.4 Å². The zero-order chi connectivity index (χ0) is 25.0. The SMILES string of the molecule is CS(=O)(=O)NC1CN(CC2CCN(Cc3ccccc3)CC2)C(=O)N(c2cccc(C(=N)N)c2)C1. The quantitative estimate of drug-likeness (QED) is 0.380. The summed E-state index contributed by atoms with van der Waals surface area (Å²) in [6, 6.07) is 16.8. The summed E-state index contributed by atoms with van der Waals surface area (Å²) in [5.41, 5.74) is 8.06. The van der Waals surface area contributed by atoms with Crippen molar-refractivity contribution < 1.29 is 13.2 Å². The van der Waals surface area contributed by atoms with Crippen LogP contribution in [0.15, 0.2) is 54.6 Å². The fourth-order valence-corrected chi connectivity index (χ4v) is 5.69. The number of carbonyl (C=O) groups excluding carboxylic acids is 1. The first-order chi connectivity index (χ1) is 16.7. The Labute approximate surface area is 207 Å². The van der Waals surface area contributed by atoms with Gasteiger partial charge in [0.25, 0.3) is 0 Å². The maximum absolute atomic E-state index is 13.5. The lowest BCUT2D eigenvalue weighted by atomic mass is 9.95. The number of piperidine rings is 1. The summed E-state index contributed by atoms with van der Waals surface area (Å²) in [6.45, 7) is 4.01. The molecule has 4 rings (SSSR count). The largest absolute Gasteiger partial charge is 0.384 e. The van der Waals surface area contributed by atoms with Gasteiger partial charge in [-0.15, -0.1) is 0 Å². The number of hydrogen-bond donors (Lipinski definition) is 3. The third kappa shape index (κ3) is 6.81. The number of benzene rings is 2. The molecule has 4 N–H and O–H groups in total. The summed E-state index contributed by atoms with van der Waals surface area (Å²) in [7, 11) is -3.44. The summed E-state index contributed by atoms with van der Waals surface area (Å²) < 4.78 is 26.6. The lowest BCUT2D eigenvalue weighted by Gasteiger charge is -2.42. The van der Waals surface area contributed by atoms with Gasteiger partial charge in [0.05, 0.1) is 12.3 Å². The van der Waals surface area contributed by atoms with Gasteiger partial charge in [-0.2, -0.15) is 0 Å². The number of carbonyl (C=O) groups is 1. The van der Waals surface area contributed by atoms with Crippen LogP contribution in [-0.2, 0) is 16.6 Å². The van der Waals surface area contributed by atoms with Crippen LogP contribution in [0, 0.1) is 11.3 Å². The maximum Gasteiger partial charge on any atom is 0.324 e. The molecule has 1 atom stereocenters. The van der Waals surface area contributed by atoms with Crippen molar-refractivity contribution in [2.24, 2.45) is 11.7 Å². The summed E-state index contributed by atoms with van der Waals surface area (Å²) in [6.07, 6.45) is 3.11. The topological polar surface area (TPSA) is 123 Å². The number of nitrogens with two attached hydrogens (primary N) is 1. The molecule has 2 aliphatic rings. The fraction of sp³-hybridized carbons (Fsp3) is 0.440. The van der Waals surface area contributed by atoms with Crippen molar-refractivity contribution in [1.29, 1.82) is 5.41 Å². The monoisotopic (exact) mass is 498 g/mol. The second kappa shape index (κ2) is 10.8. The summed E-state index contributed by atoms with van der Waals surface area (Å²) in [5.74, 6) is 0.273. The molecule has 10 heteroatoms. The Kier molecular flexibility index (Phi) is 7.73. The highest BCUT2D eigenvalue weighted by Crippen LogP contribution is 2.25. The van der Waals surface area contributed by atoms with E-state index in [0.29, 0.717) is 30.3 Å². The van der Waals surface area contributed by atoms with Gasteiger partial charge in [-0.25, -0.2) is 17.9 Å².